The van der Waals surface area contributed by atoms with Crippen molar-refractivity contribution >= 4 is 18.4 Å². The van der Waals surface area contributed by atoms with Gasteiger partial charge in [-0.2, -0.15) is 0 Å². The second-order valence-corrected chi connectivity index (χ2v) is 4.51. The molecule has 1 fully saturated rings. The largest absolute Gasteiger partial charge is 0.480 e. The van der Waals surface area contributed by atoms with E-state index in [0.29, 0.717) is 18.7 Å². The number of nitrogens with zero attached hydrogens (tertiary/aromatic N) is 1. The molecule has 1 heterocycles. The topological polar surface area (TPSA) is 40.5 Å². The van der Waals surface area contributed by atoms with E-state index in [0.717, 1.165) is 31.4 Å². The number of likely N-dealkylation sites (tertiary alicyclic amines) is 1. The van der Waals surface area contributed by atoms with Crippen molar-refractivity contribution in [3.05, 3.63) is 35.4 Å². The lowest BCUT2D eigenvalue weighted by Gasteiger charge is -2.32. The maximum atomic E-state index is 13.2. The lowest BCUT2D eigenvalue weighted by molar-refractivity contribution is -0.144. The first-order chi connectivity index (χ1) is 8.59. The minimum atomic E-state index is -1.03. The number of rotatable bonds is 3. The van der Waals surface area contributed by atoms with Crippen LogP contribution in [0, 0.1) is 11.6 Å². The van der Waals surface area contributed by atoms with E-state index in [1.807, 2.05) is 0 Å². The van der Waals surface area contributed by atoms with E-state index in [4.69, 9.17) is 0 Å². The highest BCUT2D eigenvalue weighted by Gasteiger charge is 2.28. The Morgan fingerprint density at radius 3 is 2.32 bits per heavy atom. The molecule has 1 aliphatic rings. The highest BCUT2D eigenvalue weighted by atomic mass is 35.5. The maximum Gasteiger partial charge on any atom is 0.325 e. The van der Waals surface area contributed by atoms with Gasteiger partial charge in [0.15, 0.2) is 11.6 Å². The summed E-state index contributed by atoms with van der Waals surface area (Å²) in [4.78, 5) is 13.1. The van der Waals surface area contributed by atoms with Gasteiger partial charge in [-0.05, 0) is 43.6 Å². The molecule has 1 aromatic rings. The number of piperidine rings is 1. The van der Waals surface area contributed by atoms with Crippen LogP contribution < -0.4 is 0 Å². The molecule has 0 aromatic heterocycles. The molecule has 1 atom stereocenters. The lowest BCUT2D eigenvalue weighted by atomic mass is 10.0. The van der Waals surface area contributed by atoms with Gasteiger partial charge in [0.2, 0.25) is 0 Å². The van der Waals surface area contributed by atoms with E-state index in [-0.39, 0.29) is 12.4 Å². The maximum absolute atomic E-state index is 13.2. The van der Waals surface area contributed by atoms with Gasteiger partial charge >= 0.3 is 5.97 Å². The Morgan fingerprint density at radius 2 is 1.79 bits per heavy atom. The third-order valence-electron chi connectivity index (χ3n) is 3.25. The van der Waals surface area contributed by atoms with Gasteiger partial charge in [0, 0.05) is 0 Å². The zero-order valence-corrected chi connectivity index (χ0v) is 11.1. The number of carboxylic acid groups (broad SMARTS) is 1. The zero-order chi connectivity index (χ0) is 13.1. The van der Waals surface area contributed by atoms with Gasteiger partial charge in [0.05, 0.1) is 0 Å². The van der Waals surface area contributed by atoms with Crippen molar-refractivity contribution in [3.8, 4) is 0 Å². The molecule has 6 heteroatoms. The van der Waals surface area contributed by atoms with Crippen LogP contribution in [0.3, 0.4) is 0 Å². The fourth-order valence-electron chi connectivity index (χ4n) is 2.37. The monoisotopic (exact) mass is 291 g/mol. The van der Waals surface area contributed by atoms with Gasteiger partial charge < -0.3 is 5.11 Å². The first kappa shape index (κ1) is 15.9. The van der Waals surface area contributed by atoms with Crippen LogP contribution >= 0.6 is 12.4 Å². The molecule has 0 radical (unpaired) electrons. The van der Waals surface area contributed by atoms with E-state index < -0.39 is 23.6 Å². The molecule has 106 valence electrons. The number of carboxylic acids is 1. The molecule has 0 bridgehead atoms. The summed E-state index contributed by atoms with van der Waals surface area (Å²) >= 11 is 0. The molecule has 0 spiro atoms. The van der Waals surface area contributed by atoms with Crippen molar-refractivity contribution in [2.75, 3.05) is 13.1 Å². The molecule has 1 saturated heterocycles. The molecule has 19 heavy (non-hydrogen) atoms. The smallest absolute Gasteiger partial charge is 0.325 e. The van der Waals surface area contributed by atoms with Crippen LogP contribution in [0.2, 0.25) is 0 Å². The van der Waals surface area contributed by atoms with Crippen molar-refractivity contribution < 1.29 is 18.7 Å². The summed E-state index contributed by atoms with van der Waals surface area (Å²) in [5.41, 5.74) is 0.295. The van der Waals surface area contributed by atoms with Crippen LogP contribution in [-0.2, 0) is 4.79 Å². The number of hydrogen-bond acceptors (Lipinski definition) is 2. The molecule has 1 aliphatic heterocycles. The summed E-state index contributed by atoms with van der Waals surface area (Å²) in [5, 5.41) is 9.28. The molecule has 1 aromatic carbocycles. The van der Waals surface area contributed by atoms with Gasteiger partial charge in [0.1, 0.15) is 6.04 Å². The summed E-state index contributed by atoms with van der Waals surface area (Å²) in [6.07, 6.45) is 2.96. The lowest BCUT2D eigenvalue weighted by Crippen LogP contribution is -2.37. The van der Waals surface area contributed by atoms with Crippen LogP contribution in [-0.4, -0.2) is 29.1 Å². The van der Waals surface area contributed by atoms with Gasteiger partial charge in [-0.25, -0.2) is 8.78 Å². The van der Waals surface area contributed by atoms with Gasteiger partial charge in [-0.1, -0.05) is 12.5 Å². The van der Waals surface area contributed by atoms with Crippen molar-refractivity contribution in [2.24, 2.45) is 0 Å². The van der Waals surface area contributed by atoms with Crippen LogP contribution in [0.25, 0.3) is 0 Å². The van der Waals surface area contributed by atoms with Crippen LogP contribution in [0.15, 0.2) is 18.2 Å². The summed E-state index contributed by atoms with van der Waals surface area (Å²) in [6, 6.07) is 2.40. The van der Waals surface area contributed by atoms with Crippen LogP contribution in [0.4, 0.5) is 8.78 Å². The molecule has 0 aliphatic carbocycles. The minimum absolute atomic E-state index is 0. The number of benzene rings is 1. The first-order valence-electron chi connectivity index (χ1n) is 6.01. The molecule has 3 nitrogen and oxygen atoms in total. The van der Waals surface area contributed by atoms with Crippen molar-refractivity contribution in [2.45, 2.75) is 25.3 Å². The number of carbonyl (C=O) groups is 1. The summed E-state index contributed by atoms with van der Waals surface area (Å²) in [5.74, 6) is -2.99. The molecule has 0 amide bonds. The number of hydrogen-bond donors (Lipinski definition) is 1. The van der Waals surface area contributed by atoms with E-state index in [1.54, 1.807) is 4.90 Å². The molecular formula is C13H16ClF2NO2. The Kier molecular flexibility index (Phi) is 5.69. The van der Waals surface area contributed by atoms with Crippen molar-refractivity contribution in [3.63, 3.8) is 0 Å². The zero-order valence-electron chi connectivity index (χ0n) is 10.3. The van der Waals surface area contributed by atoms with Crippen molar-refractivity contribution in [1.82, 2.24) is 4.90 Å². The fourth-order valence-corrected chi connectivity index (χ4v) is 2.37. The molecule has 2 rings (SSSR count). The van der Waals surface area contributed by atoms with Crippen molar-refractivity contribution in [1.29, 1.82) is 0 Å². The van der Waals surface area contributed by atoms with E-state index >= 15 is 0 Å². The standard InChI is InChI=1S/C13H15F2NO2.ClH/c14-10-5-4-9(8-11(10)15)12(13(17)18)16-6-2-1-3-7-16;/h4-5,8,12H,1-3,6-7H2,(H,17,18);1H. The second-order valence-electron chi connectivity index (χ2n) is 4.51. The van der Waals surface area contributed by atoms with Gasteiger partial charge in [0.25, 0.3) is 0 Å². The third-order valence-corrected chi connectivity index (χ3v) is 3.25. The summed E-state index contributed by atoms with van der Waals surface area (Å²) in [7, 11) is 0. The predicted molar refractivity (Wildman–Crippen MR) is 69.4 cm³/mol. The quantitative estimate of drug-likeness (QED) is 0.931. The Bertz CT molecular complexity index is 450. The Morgan fingerprint density at radius 1 is 1.16 bits per heavy atom. The number of aliphatic carboxylic acids is 1. The van der Waals surface area contributed by atoms with E-state index in [9.17, 15) is 18.7 Å². The summed E-state index contributed by atoms with van der Waals surface area (Å²) < 4.78 is 26.1. The molecule has 0 saturated carbocycles. The summed E-state index contributed by atoms with van der Waals surface area (Å²) in [6.45, 7) is 1.35. The van der Waals surface area contributed by atoms with E-state index in [2.05, 4.69) is 0 Å². The average molecular weight is 292 g/mol. The predicted octanol–water partition coefficient (Wildman–Crippen LogP) is 3.00. The average Bonchev–Trinajstić information content (AvgIpc) is 2.35. The number of halogens is 3. The molecule has 1 unspecified atom stereocenters. The third kappa shape index (κ3) is 3.64. The normalized spacial score (nSPS) is 17.6. The van der Waals surface area contributed by atoms with Gasteiger partial charge in [-0.3, -0.25) is 9.69 Å². The van der Waals surface area contributed by atoms with Crippen LogP contribution in [0.5, 0.6) is 0 Å². The van der Waals surface area contributed by atoms with Crippen LogP contribution in [0.1, 0.15) is 30.9 Å². The first-order valence-corrected chi connectivity index (χ1v) is 6.01. The van der Waals surface area contributed by atoms with Gasteiger partial charge in [-0.15, -0.1) is 12.4 Å². The highest BCUT2D eigenvalue weighted by Crippen LogP contribution is 2.26. The Labute approximate surface area is 116 Å². The fraction of sp³-hybridized carbons (Fsp3) is 0.462. The highest BCUT2D eigenvalue weighted by molar-refractivity contribution is 5.85. The Balaban J connectivity index is 0.00000180. The minimum Gasteiger partial charge on any atom is -0.480 e. The van der Waals surface area contributed by atoms with E-state index in [1.165, 1.54) is 6.07 Å². The Hall–Kier alpha value is -1.20. The molecular weight excluding hydrogens is 276 g/mol. The molecule has 1 N–H and O–H groups in total. The second kappa shape index (κ2) is 6.82. The SMILES string of the molecule is Cl.O=C(O)C(c1ccc(F)c(F)c1)N1CCCCC1.